The maximum absolute atomic E-state index is 12.9. The van der Waals surface area contributed by atoms with Gasteiger partial charge < -0.3 is 10.6 Å². The Balaban J connectivity index is 1.50. The molecule has 0 unspecified atom stereocenters. The lowest BCUT2D eigenvalue weighted by Gasteiger charge is -2.37. The van der Waals surface area contributed by atoms with Gasteiger partial charge in [-0.15, -0.1) is 0 Å². The SMILES string of the molecule is CS(=O)(=O)N[C@@H]1C[C@H]2C(=O)NC[C@@H](CCC(=O)NCc3ccc(F)cc3)N2C1. The summed E-state index contributed by atoms with van der Waals surface area (Å²) in [6.45, 7) is 1.21. The number of sulfonamides is 1. The number of carbonyl (C=O) groups is 2. The van der Waals surface area contributed by atoms with E-state index in [2.05, 4.69) is 15.4 Å². The zero-order valence-electron chi connectivity index (χ0n) is 15.7. The molecule has 8 nitrogen and oxygen atoms in total. The van der Waals surface area contributed by atoms with Crippen molar-refractivity contribution >= 4 is 21.8 Å². The van der Waals surface area contributed by atoms with E-state index in [0.717, 1.165) is 11.8 Å². The van der Waals surface area contributed by atoms with Crippen LogP contribution in [0.5, 0.6) is 0 Å². The Hall–Kier alpha value is -2.04. The van der Waals surface area contributed by atoms with Crippen LogP contribution in [0.25, 0.3) is 0 Å². The molecular weight excluding hydrogens is 387 g/mol. The van der Waals surface area contributed by atoms with E-state index in [1.165, 1.54) is 12.1 Å². The second-order valence-electron chi connectivity index (χ2n) is 7.38. The first-order valence-corrected chi connectivity index (χ1v) is 11.1. The number of rotatable bonds is 7. The minimum Gasteiger partial charge on any atom is -0.353 e. The molecular formula is C18H25FN4O4S. The number of nitrogens with one attached hydrogen (secondary N) is 3. The summed E-state index contributed by atoms with van der Waals surface area (Å²) in [5.41, 5.74) is 0.814. The second-order valence-corrected chi connectivity index (χ2v) is 9.16. The highest BCUT2D eigenvalue weighted by Crippen LogP contribution is 2.26. The van der Waals surface area contributed by atoms with Crippen molar-refractivity contribution < 1.29 is 22.4 Å². The Morgan fingerprint density at radius 3 is 2.71 bits per heavy atom. The van der Waals surface area contributed by atoms with Crippen molar-refractivity contribution in [2.75, 3.05) is 19.3 Å². The van der Waals surface area contributed by atoms with Gasteiger partial charge in [0.25, 0.3) is 0 Å². The molecule has 2 aliphatic rings. The van der Waals surface area contributed by atoms with Crippen LogP contribution in [0.2, 0.25) is 0 Å². The van der Waals surface area contributed by atoms with Crippen LogP contribution in [-0.4, -0.2) is 62.6 Å². The van der Waals surface area contributed by atoms with Crippen LogP contribution in [0.3, 0.4) is 0 Å². The highest BCUT2D eigenvalue weighted by atomic mass is 32.2. The van der Waals surface area contributed by atoms with E-state index >= 15 is 0 Å². The third-order valence-corrected chi connectivity index (χ3v) is 5.87. The lowest BCUT2D eigenvalue weighted by molar-refractivity contribution is -0.129. The maximum atomic E-state index is 12.9. The van der Waals surface area contributed by atoms with Crippen LogP contribution >= 0.6 is 0 Å². The van der Waals surface area contributed by atoms with Gasteiger partial charge >= 0.3 is 0 Å². The molecule has 1 aromatic rings. The third-order valence-electron chi connectivity index (χ3n) is 5.11. The van der Waals surface area contributed by atoms with Crippen molar-refractivity contribution in [2.24, 2.45) is 0 Å². The molecule has 28 heavy (non-hydrogen) atoms. The van der Waals surface area contributed by atoms with Gasteiger partial charge in [0.2, 0.25) is 21.8 Å². The number of benzene rings is 1. The molecule has 3 N–H and O–H groups in total. The standard InChI is InChI=1S/C18H25FN4O4S/c1-28(26,27)22-14-8-16-18(25)21-10-15(23(16)11-14)6-7-17(24)20-9-12-2-4-13(19)5-3-12/h2-5,14-16,22H,6-11H2,1H3,(H,20,24)(H,21,25)/t14-,15-,16+/m1/s1. The molecule has 0 saturated carbocycles. The van der Waals surface area contributed by atoms with E-state index < -0.39 is 10.0 Å². The number of carbonyl (C=O) groups excluding carboxylic acids is 2. The van der Waals surface area contributed by atoms with Gasteiger partial charge in [0.1, 0.15) is 5.82 Å². The normalized spacial score (nSPS) is 25.2. The molecule has 2 fully saturated rings. The van der Waals surface area contributed by atoms with Gasteiger partial charge in [-0.05, 0) is 30.5 Å². The minimum atomic E-state index is -3.34. The Labute approximate surface area is 163 Å². The summed E-state index contributed by atoms with van der Waals surface area (Å²) in [5, 5.41) is 5.66. The monoisotopic (exact) mass is 412 g/mol. The number of halogens is 1. The Kier molecular flexibility index (Phi) is 6.31. The molecule has 2 saturated heterocycles. The van der Waals surface area contributed by atoms with Gasteiger partial charge in [0.05, 0.1) is 12.3 Å². The highest BCUT2D eigenvalue weighted by molar-refractivity contribution is 7.88. The molecule has 2 amide bonds. The van der Waals surface area contributed by atoms with Crippen molar-refractivity contribution in [2.45, 2.75) is 43.9 Å². The second kappa shape index (κ2) is 8.54. The molecule has 0 aliphatic carbocycles. The summed E-state index contributed by atoms with van der Waals surface area (Å²) >= 11 is 0. The fourth-order valence-corrected chi connectivity index (χ4v) is 4.60. The molecule has 0 radical (unpaired) electrons. The zero-order valence-corrected chi connectivity index (χ0v) is 16.5. The summed E-state index contributed by atoms with van der Waals surface area (Å²) in [7, 11) is -3.34. The van der Waals surface area contributed by atoms with Gasteiger partial charge in [-0.3, -0.25) is 14.5 Å². The Bertz CT molecular complexity index is 830. The third kappa shape index (κ3) is 5.49. The first-order valence-electron chi connectivity index (χ1n) is 9.23. The fourth-order valence-electron chi connectivity index (χ4n) is 3.82. The van der Waals surface area contributed by atoms with Crippen LogP contribution < -0.4 is 15.4 Å². The summed E-state index contributed by atoms with van der Waals surface area (Å²) in [6.07, 6.45) is 2.37. The van der Waals surface area contributed by atoms with E-state index in [4.69, 9.17) is 0 Å². The van der Waals surface area contributed by atoms with Gasteiger partial charge in [0, 0.05) is 38.1 Å². The number of amides is 2. The number of fused-ring (bicyclic) bond motifs is 1. The van der Waals surface area contributed by atoms with E-state index in [9.17, 15) is 22.4 Å². The number of nitrogens with zero attached hydrogens (tertiary/aromatic N) is 1. The fraction of sp³-hybridized carbons (Fsp3) is 0.556. The lowest BCUT2D eigenvalue weighted by Crippen LogP contribution is -2.58. The molecule has 3 atom stereocenters. The Morgan fingerprint density at radius 1 is 1.32 bits per heavy atom. The number of hydrogen-bond acceptors (Lipinski definition) is 5. The van der Waals surface area contributed by atoms with Crippen molar-refractivity contribution in [3.8, 4) is 0 Å². The molecule has 1 aromatic carbocycles. The summed E-state index contributed by atoms with van der Waals surface area (Å²) in [5.74, 6) is -0.546. The van der Waals surface area contributed by atoms with E-state index in [1.807, 2.05) is 4.90 Å². The molecule has 154 valence electrons. The smallest absolute Gasteiger partial charge is 0.237 e. The van der Waals surface area contributed by atoms with Crippen LogP contribution in [0.1, 0.15) is 24.8 Å². The number of piperazine rings is 1. The predicted octanol–water partition coefficient (Wildman–Crippen LogP) is -0.287. The summed E-state index contributed by atoms with van der Waals surface area (Å²) < 4.78 is 38.4. The van der Waals surface area contributed by atoms with Crippen molar-refractivity contribution in [1.29, 1.82) is 0 Å². The summed E-state index contributed by atoms with van der Waals surface area (Å²) in [4.78, 5) is 26.3. The van der Waals surface area contributed by atoms with Gasteiger partial charge in [-0.1, -0.05) is 12.1 Å². The van der Waals surface area contributed by atoms with E-state index in [1.54, 1.807) is 12.1 Å². The van der Waals surface area contributed by atoms with Crippen molar-refractivity contribution in [1.82, 2.24) is 20.3 Å². The molecule has 0 aromatic heterocycles. The van der Waals surface area contributed by atoms with Crippen LogP contribution in [0.15, 0.2) is 24.3 Å². The summed E-state index contributed by atoms with van der Waals surface area (Å²) in [6, 6.07) is 5.23. The predicted molar refractivity (Wildman–Crippen MR) is 101 cm³/mol. The highest BCUT2D eigenvalue weighted by Gasteiger charge is 2.43. The average molecular weight is 412 g/mol. The molecule has 2 aliphatic heterocycles. The van der Waals surface area contributed by atoms with Crippen LogP contribution in [0, 0.1) is 5.82 Å². The van der Waals surface area contributed by atoms with Crippen LogP contribution in [0.4, 0.5) is 4.39 Å². The average Bonchev–Trinajstić information content (AvgIpc) is 3.03. The largest absolute Gasteiger partial charge is 0.353 e. The topological polar surface area (TPSA) is 108 Å². The van der Waals surface area contributed by atoms with Crippen molar-refractivity contribution in [3.05, 3.63) is 35.6 Å². The van der Waals surface area contributed by atoms with E-state index in [-0.39, 0.29) is 42.2 Å². The zero-order chi connectivity index (χ0) is 20.3. The first-order chi connectivity index (χ1) is 13.2. The lowest BCUT2D eigenvalue weighted by atomic mass is 10.0. The van der Waals surface area contributed by atoms with Crippen molar-refractivity contribution in [3.63, 3.8) is 0 Å². The van der Waals surface area contributed by atoms with Gasteiger partial charge in [-0.2, -0.15) is 0 Å². The van der Waals surface area contributed by atoms with Gasteiger partial charge in [-0.25, -0.2) is 17.5 Å². The molecule has 2 heterocycles. The minimum absolute atomic E-state index is 0.0226. The quantitative estimate of drug-likeness (QED) is 0.571. The van der Waals surface area contributed by atoms with Crippen LogP contribution in [-0.2, 0) is 26.2 Å². The molecule has 0 spiro atoms. The Morgan fingerprint density at radius 2 is 2.04 bits per heavy atom. The molecule has 0 bridgehead atoms. The van der Waals surface area contributed by atoms with E-state index in [0.29, 0.717) is 32.5 Å². The molecule has 3 rings (SSSR count). The molecule has 10 heteroatoms. The van der Waals surface area contributed by atoms with Gasteiger partial charge in [0.15, 0.2) is 0 Å². The number of hydrogen-bond donors (Lipinski definition) is 3. The maximum Gasteiger partial charge on any atom is 0.237 e. The first kappa shape index (κ1) is 20.7.